The van der Waals surface area contributed by atoms with Crippen LogP contribution in [-0.2, 0) is 5.92 Å². The minimum Gasteiger partial charge on any atom is -0.353 e. The van der Waals surface area contributed by atoms with Gasteiger partial charge in [0.15, 0.2) is 11.6 Å². The van der Waals surface area contributed by atoms with E-state index in [2.05, 4.69) is 33.9 Å². The predicted octanol–water partition coefficient (Wildman–Crippen LogP) is 3.72. The fourth-order valence-electron chi connectivity index (χ4n) is 3.52. The summed E-state index contributed by atoms with van der Waals surface area (Å²) in [6, 6.07) is 6.65. The molecule has 1 aliphatic heterocycles. The zero-order chi connectivity index (χ0) is 20.1. The molecule has 1 aliphatic rings. The quantitative estimate of drug-likeness (QED) is 0.618. The predicted molar refractivity (Wildman–Crippen MR) is 106 cm³/mol. The molecule has 28 heavy (non-hydrogen) atoms. The van der Waals surface area contributed by atoms with Gasteiger partial charge in [-0.05, 0) is 32.6 Å². The fourth-order valence-corrected chi connectivity index (χ4v) is 3.67. The average Bonchev–Trinajstić information content (AvgIpc) is 3.25. The van der Waals surface area contributed by atoms with E-state index in [1.54, 1.807) is 29.1 Å². The van der Waals surface area contributed by atoms with E-state index in [4.69, 9.17) is 16.7 Å². The smallest absolute Gasteiger partial charge is 0.287 e. The molecule has 0 saturated carbocycles. The number of nitrogens with zero attached hydrogens (tertiary/aromatic N) is 6. The van der Waals surface area contributed by atoms with Crippen LogP contribution in [0.5, 0.6) is 0 Å². The largest absolute Gasteiger partial charge is 0.353 e. The third-order valence-corrected chi connectivity index (χ3v) is 5.31. The van der Waals surface area contributed by atoms with Crippen molar-refractivity contribution in [1.29, 1.82) is 0 Å². The molecule has 0 radical (unpaired) electrons. The van der Waals surface area contributed by atoms with Crippen LogP contribution in [0.4, 0.5) is 14.6 Å². The van der Waals surface area contributed by atoms with E-state index in [0.29, 0.717) is 22.5 Å². The second-order valence-corrected chi connectivity index (χ2v) is 7.77. The van der Waals surface area contributed by atoms with Gasteiger partial charge in [-0.3, -0.25) is 0 Å². The minimum atomic E-state index is -3.03. The molecule has 0 amide bonds. The van der Waals surface area contributed by atoms with Gasteiger partial charge in [0.05, 0.1) is 10.9 Å². The fraction of sp³-hybridized carbons (Fsp3) is 0.421. The highest BCUT2D eigenvalue weighted by Crippen LogP contribution is 2.32. The first-order valence-corrected chi connectivity index (χ1v) is 9.43. The maximum absolute atomic E-state index is 13.8. The van der Waals surface area contributed by atoms with Crippen LogP contribution in [0.2, 0.25) is 5.15 Å². The normalized spacial score (nSPS) is 17.8. The lowest BCUT2D eigenvalue weighted by molar-refractivity contribution is 0.0127. The van der Waals surface area contributed by atoms with Crippen molar-refractivity contribution in [3.05, 3.63) is 41.3 Å². The van der Waals surface area contributed by atoms with Crippen LogP contribution < -0.4 is 4.90 Å². The number of alkyl halides is 2. The SMILES string of the molecule is CN(C)[C@H]1CCN(c2nn(-c3cccc(C(C)(F)F)n3)c3cc(Cl)ncc23)C1. The van der Waals surface area contributed by atoms with Crippen molar-refractivity contribution in [1.82, 2.24) is 24.6 Å². The number of hydrogen-bond donors (Lipinski definition) is 0. The van der Waals surface area contributed by atoms with Crippen molar-refractivity contribution in [2.45, 2.75) is 25.3 Å². The lowest BCUT2D eigenvalue weighted by atomic mass is 10.2. The Morgan fingerprint density at radius 1 is 1.29 bits per heavy atom. The molecular formula is C19H21ClF2N6. The summed E-state index contributed by atoms with van der Waals surface area (Å²) in [5.74, 6) is -1.95. The first kappa shape index (κ1) is 19.0. The number of anilines is 1. The Morgan fingerprint density at radius 2 is 2.07 bits per heavy atom. The number of hydrogen-bond acceptors (Lipinski definition) is 5. The molecule has 0 aromatic carbocycles. The lowest BCUT2D eigenvalue weighted by Crippen LogP contribution is -2.31. The second-order valence-electron chi connectivity index (χ2n) is 7.38. The third kappa shape index (κ3) is 3.42. The Morgan fingerprint density at radius 3 is 2.75 bits per heavy atom. The number of halogens is 3. The molecule has 0 unspecified atom stereocenters. The lowest BCUT2D eigenvalue weighted by Gasteiger charge is -2.20. The Bertz CT molecular complexity index is 1010. The maximum atomic E-state index is 13.8. The van der Waals surface area contributed by atoms with Crippen molar-refractivity contribution >= 4 is 28.3 Å². The van der Waals surface area contributed by atoms with Crippen molar-refractivity contribution < 1.29 is 8.78 Å². The summed E-state index contributed by atoms with van der Waals surface area (Å²) in [6.45, 7) is 2.53. The molecule has 3 aromatic rings. The highest BCUT2D eigenvalue weighted by Gasteiger charge is 2.29. The number of fused-ring (bicyclic) bond motifs is 1. The average molecular weight is 407 g/mol. The molecule has 1 saturated heterocycles. The van der Waals surface area contributed by atoms with Crippen LogP contribution >= 0.6 is 11.6 Å². The van der Waals surface area contributed by atoms with Gasteiger partial charge in [0.1, 0.15) is 10.8 Å². The second kappa shape index (κ2) is 6.93. The van der Waals surface area contributed by atoms with E-state index in [9.17, 15) is 8.78 Å². The molecule has 4 heterocycles. The van der Waals surface area contributed by atoms with Crippen LogP contribution in [-0.4, -0.2) is 57.9 Å². The Kier molecular flexibility index (Phi) is 4.71. The van der Waals surface area contributed by atoms with E-state index in [1.807, 2.05) is 0 Å². The molecule has 0 aliphatic carbocycles. The summed E-state index contributed by atoms with van der Waals surface area (Å²) in [5.41, 5.74) is 0.386. The zero-order valence-electron chi connectivity index (χ0n) is 15.9. The number of pyridine rings is 2. The standard InChI is InChI=1S/C19H21ClF2N6/c1-19(21,22)15-5-4-6-17(24-15)28-14-9-16(20)23-10-13(14)18(25-28)27-8-7-12(11-27)26(2)3/h4-6,9-10,12H,7-8,11H2,1-3H3/t12-/m0/s1. The maximum Gasteiger partial charge on any atom is 0.287 e. The molecule has 9 heteroatoms. The van der Waals surface area contributed by atoms with Crippen molar-refractivity contribution in [3.63, 3.8) is 0 Å². The van der Waals surface area contributed by atoms with Gasteiger partial charge in [0.2, 0.25) is 0 Å². The summed E-state index contributed by atoms with van der Waals surface area (Å²) in [4.78, 5) is 12.7. The molecule has 1 atom stereocenters. The Labute approximate surface area is 166 Å². The van der Waals surface area contributed by atoms with E-state index < -0.39 is 5.92 Å². The molecule has 0 N–H and O–H groups in total. The summed E-state index contributed by atoms with van der Waals surface area (Å²) >= 11 is 6.10. The first-order valence-electron chi connectivity index (χ1n) is 9.05. The molecule has 0 bridgehead atoms. The monoisotopic (exact) mass is 406 g/mol. The Hall–Kier alpha value is -2.32. The van der Waals surface area contributed by atoms with Gasteiger partial charge in [0.25, 0.3) is 5.92 Å². The van der Waals surface area contributed by atoms with Gasteiger partial charge in [-0.25, -0.2) is 14.6 Å². The van der Waals surface area contributed by atoms with Crippen LogP contribution in [0.15, 0.2) is 30.5 Å². The topological polar surface area (TPSA) is 50.1 Å². The van der Waals surface area contributed by atoms with Gasteiger partial charge in [-0.2, -0.15) is 8.78 Å². The minimum absolute atomic E-state index is 0.302. The molecule has 4 rings (SSSR count). The van der Waals surface area contributed by atoms with Gasteiger partial charge in [0, 0.05) is 38.3 Å². The number of likely N-dealkylation sites (N-methyl/N-ethyl adjacent to an activating group) is 1. The molecule has 148 valence electrons. The number of aromatic nitrogens is 4. The summed E-state index contributed by atoms with van der Waals surface area (Å²) < 4.78 is 29.1. The molecule has 3 aromatic heterocycles. The van der Waals surface area contributed by atoms with Gasteiger partial charge in [-0.15, -0.1) is 5.10 Å². The third-order valence-electron chi connectivity index (χ3n) is 5.11. The highest BCUT2D eigenvalue weighted by atomic mass is 35.5. The van der Waals surface area contributed by atoms with E-state index >= 15 is 0 Å². The molecule has 0 spiro atoms. The summed E-state index contributed by atoms with van der Waals surface area (Å²) in [7, 11) is 4.12. The highest BCUT2D eigenvalue weighted by molar-refractivity contribution is 6.30. The first-order chi connectivity index (χ1) is 13.2. The Balaban J connectivity index is 1.83. The van der Waals surface area contributed by atoms with Crippen LogP contribution in [0.3, 0.4) is 0 Å². The van der Waals surface area contributed by atoms with Crippen LogP contribution in [0.25, 0.3) is 16.7 Å². The van der Waals surface area contributed by atoms with Crippen molar-refractivity contribution in [2.75, 3.05) is 32.1 Å². The molecule has 1 fully saturated rings. The summed E-state index contributed by atoms with van der Waals surface area (Å²) in [5, 5.41) is 5.85. The molecule has 6 nitrogen and oxygen atoms in total. The molecular weight excluding hydrogens is 386 g/mol. The van der Waals surface area contributed by atoms with Gasteiger partial charge in [-0.1, -0.05) is 17.7 Å². The number of rotatable bonds is 4. The van der Waals surface area contributed by atoms with Crippen molar-refractivity contribution in [3.8, 4) is 5.82 Å². The van der Waals surface area contributed by atoms with Crippen molar-refractivity contribution in [2.24, 2.45) is 0 Å². The van der Waals surface area contributed by atoms with Gasteiger partial charge >= 0.3 is 0 Å². The zero-order valence-corrected chi connectivity index (χ0v) is 16.7. The van der Waals surface area contributed by atoms with Crippen LogP contribution in [0, 0.1) is 0 Å². The van der Waals surface area contributed by atoms with Gasteiger partial charge < -0.3 is 9.80 Å². The van der Waals surface area contributed by atoms with Crippen LogP contribution in [0.1, 0.15) is 19.0 Å². The van der Waals surface area contributed by atoms with E-state index in [0.717, 1.165) is 37.6 Å². The van der Waals surface area contributed by atoms with E-state index in [1.165, 1.54) is 6.07 Å². The summed E-state index contributed by atoms with van der Waals surface area (Å²) in [6.07, 6.45) is 2.70. The van der Waals surface area contributed by atoms with E-state index in [-0.39, 0.29) is 5.69 Å².